The van der Waals surface area contributed by atoms with Crippen molar-refractivity contribution in [2.45, 2.75) is 46.6 Å². The maximum Gasteiger partial charge on any atom is 0.0233 e. The standard InChI is InChI=1S/C16H25N/c1-4-15-7-9-17(10-8-15)12-16-6-5-13(2)14(3)11-16/h5-6,11,15H,4,7-10,12H2,1-3H3. The van der Waals surface area contributed by atoms with E-state index in [9.17, 15) is 0 Å². The summed E-state index contributed by atoms with van der Waals surface area (Å²) < 4.78 is 0. The fraction of sp³-hybridized carbons (Fsp3) is 0.625. The molecule has 0 N–H and O–H groups in total. The van der Waals surface area contributed by atoms with Gasteiger partial charge in [0.2, 0.25) is 0 Å². The summed E-state index contributed by atoms with van der Waals surface area (Å²) >= 11 is 0. The van der Waals surface area contributed by atoms with E-state index in [2.05, 4.69) is 43.9 Å². The third-order valence-electron chi connectivity index (χ3n) is 4.26. The molecule has 0 unspecified atom stereocenters. The lowest BCUT2D eigenvalue weighted by molar-refractivity contribution is 0.175. The molecular weight excluding hydrogens is 206 g/mol. The van der Waals surface area contributed by atoms with Crippen molar-refractivity contribution in [3.63, 3.8) is 0 Å². The first-order valence-corrected chi connectivity index (χ1v) is 6.97. The van der Waals surface area contributed by atoms with Crippen LogP contribution in [0.15, 0.2) is 18.2 Å². The monoisotopic (exact) mass is 231 g/mol. The number of hydrogen-bond donors (Lipinski definition) is 0. The van der Waals surface area contributed by atoms with Crippen molar-refractivity contribution in [1.82, 2.24) is 4.90 Å². The summed E-state index contributed by atoms with van der Waals surface area (Å²) in [5, 5.41) is 0. The summed E-state index contributed by atoms with van der Waals surface area (Å²) in [5.74, 6) is 0.978. The average Bonchev–Trinajstić information content (AvgIpc) is 2.35. The van der Waals surface area contributed by atoms with Crippen molar-refractivity contribution < 1.29 is 0 Å². The molecule has 0 amide bonds. The highest BCUT2D eigenvalue weighted by Gasteiger charge is 2.17. The van der Waals surface area contributed by atoms with Crippen molar-refractivity contribution >= 4 is 0 Å². The predicted molar refractivity (Wildman–Crippen MR) is 74.2 cm³/mol. The van der Waals surface area contributed by atoms with Crippen LogP contribution in [-0.2, 0) is 6.54 Å². The van der Waals surface area contributed by atoms with Crippen molar-refractivity contribution in [3.8, 4) is 0 Å². The maximum absolute atomic E-state index is 2.61. The largest absolute Gasteiger partial charge is 0.299 e. The highest BCUT2D eigenvalue weighted by Crippen LogP contribution is 2.21. The molecular formula is C16H25N. The van der Waals surface area contributed by atoms with Gasteiger partial charge in [-0.1, -0.05) is 31.5 Å². The number of piperidine rings is 1. The van der Waals surface area contributed by atoms with Gasteiger partial charge in [-0.05, 0) is 62.4 Å². The second-order valence-electron chi connectivity index (χ2n) is 5.55. The summed E-state index contributed by atoms with van der Waals surface area (Å²) in [4.78, 5) is 2.61. The number of benzene rings is 1. The van der Waals surface area contributed by atoms with Gasteiger partial charge < -0.3 is 0 Å². The fourth-order valence-corrected chi connectivity index (χ4v) is 2.71. The Kier molecular flexibility index (Phi) is 4.22. The molecule has 0 bridgehead atoms. The van der Waals surface area contributed by atoms with Crippen molar-refractivity contribution in [2.75, 3.05) is 13.1 Å². The van der Waals surface area contributed by atoms with Crippen molar-refractivity contribution in [1.29, 1.82) is 0 Å². The number of hydrogen-bond acceptors (Lipinski definition) is 1. The quantitative estimate of drug-likeness (QED) is 0.762. The minimum absolute atomic E-state index is 0.978. The molecule has 1 saturated heterocycles. The van der Waals surface area contributed by atoms with E-state index in [0.29, 0.717) is 0 Å². The third-order valence-corrected chi connectivity index (χ3v) is 4.26. The zero-order chi connectivity index (χ0) is 12.3. The Morgan fingerprint density at radius 1 is 1.12 bits per heavy atom. The van der Waals surface area contributed by atoms with E-state index in [1.165, 1.54) is 49.0 Å². The molecule has 0 aliphatic carbocycles. The van der Waals surface area contributed by atoms with E-state index < -0.39 is 0 Å². The second-order valence-corrected chi connectivity index (χ2v) is 5.55. The number of aryl methyl sites for hydroxylation is 2. The number of likely N-dealkylation sites (tertiary alicyclic amines) is 1. The number of rotatable bonds is 3. The lowest BCUT2D eigenvalue weighted by atomic mass is 9.94. The number of nitrogens with zero attached hydrogens (tertiary/aromatic N) is 1. The Balaban J connectivity index is 1.91. The van der Waals surface area contributed by atoms with E-state index in [1.54, 1.807) is 0 Å². The summed E-state index contributed by atoms with van der Waals surface area (Å²) in [5.41, 5.74) is 4.30. The van der Waals surface area contributed by atoms with Gasteiger partial charge in [-0.3, -0.25) is 4.90 Å². The van der Waals surface area contributed by atoms with Crippen molar-refractivity contribution in [3.05, 3.63) is 34.9 Å². The lowest BCUT2D eigenvalue weighted by Gasteiger charge is -2.31. The third kappa shape index (κ3) is 3.32. The van der Waals surface area contributed by atoms with Crippen LogP contribution in [0.1, 0.15) is 42.9 Å². The highest BCUT2D eigenvalue weighted by atomic mass is 15.1. The molecule has 1 aliphatic heterocycles. The van der Waals surface area contributed by atoms with E-state index in [0.717, 1.165) is 12.5 Å². The molecule has 0 saturated carbocycles. The van der Waals surface area contributed by atoms with Crippen molar-refractivity contribution in [2.24, 2.45) is 5.92 Å². The molecule has 1 aromatic carbocycles. The molecule has 0 radical (unpaired) electrons. The Labute approximate surface area is 106 Å². The van der Waals surface area contributed by atoms with Crippen LogP contribution >= 0.6 is 0 Å². The van der Waals surface area contributed by atoms with Crippen LogP contribution in [0, 0.1) is 19.8 Å². The summed E-state index contributed by atoms with van der Waals surface area (Å²) in [6.45, 7) is 10.4. The molecule has 1 heterocycles. The Morgan fingerprint density at radius 2 is 1.82 bits per heavy atom. The molecule has 2 rings (SSSR count). The highest BCUT2D eigenvalue weighted by molar-refractivity contribution is 5.29. The first-order valence-electron chi connectivity index (χ1n) is 6.97. The summed E-state index contributed by atoms with van der Waals surface area (Å²) in [6.07, 6.45) is 4.14. The molecule has 1 nitrogen and oxygen atoms in total. The molecule has 0 spiro atoms. The van der Waals surface area contributed by atoms with E-state index in [-0.39, 0.29) is 0 Å². The Morgan fingerprint density at radius 3 is 2.41 bits per heavy atom. The average molecular weight is 231 g/mol. The van der Waals surface area contributed by atoms with Crippen LogP contribution < -0.4 is 0 Å². The maximum atomic E-state index is 2.61. The molecule has 94 valence electrons. The van der Waals surface area contributed by atoms with Gasteiger partial charge in [0.1, 0.15) is 0 Å². The van der Waals surface area contributed by atoms with Crippen LogP contribution in [0.2, 0.25) is 0 Å². The SMILES string of the molecule is CCC1CCN(Cc2ccc(C)c(C)c2)CC1. The normalized spacial score (nSPS) is 18.5. The van der Waals surface area contributed by atoms with Gasteiger partial charge in [-0.2, -0.15) is 0 Å². The zero-order valence-electron chi connectivity index (χ0n) is 11.5. The zero-order valence-corrected chi connectivity index (χ0v) is 11.5. The smallest absolute Gasteiger partial charge is 0.0233 e. The molecule has 1 aliphatic rings. The van der Waals surface area contributed by atoms with E-state index in [1.807, 2.05) is 0 Å². The molecule has 0 aromatic heterocycles. The Hall–Kier alpha value is -0.820. The molecule has 1 heteroatoms. The molecule has 0 atom stereocenters. The lowest BCUT2D eigenvalue weighted by Crippen LogP contribution is -2.33. The fourth-order valence-electron chi connectivity index (χ4n) is 2.71. The van der Waals surface area contributed by atoms with Gasteiger partial charge in [0, 0.05) is 6.54 Å². The van der Waals surface area contributed by atoms with E-state index in [4.69, 9.17) is 0 Å². The minimum atomic E-state index is 0.978. The second kappa shape index (κ2) is 5.68. The Bertz CT molecular complexity index is 362. The van der Waals surface area contributed by atoms with Crippen LogP contribution in [-0.4, -0.2) is 18.0 Å². The van der Waals surface area contributed by atoms with Gasteiger partial charge in [0.25, 0.3) is 0 Å². The molecule has 17 heavy (non-hydrogen) atoms. The van der Waals surface area contributed by atoms with E-state index >= 15 is 0 Å². The van der Waals surface area contributed by atoms with Gasteiger partial charge >= 0.3 is 0 Å². The minimum Gasteiger partial charge on any atom is -0.299 e. The first kappa shape index (κ1) is 12.6. The molecule has 1 aromatic rings. The van der Waals surface area contributed by atoms with Gasteiger partial charge in [0.05, 0.1) is 0 Å². The van der Waals surface area contributed by atoms with Crippen LogP contribution in [0.3, 0.4) is 0 Å². The van der Waals surface area contributed by atoms with Gasteiger partial charge in [0.15, 0.2) is 0 Å². The first-order chi connectivity index (χ1) is 8.19. The topological polar surface area (TPSA) is 3.24 Å². The van der Waals surface area contributed by atoms with Gasteiger partial charge in [-0.15, -0.1) is 0 Å². The van der Waals surface area contributed by atoms with Crippen LogP contribution in [0.4, 0.5) is 0 Å². The van der Waals surface area contributed by atoms with Gasteiger partial charge in [-0.25, -0.2) is 0 Å². The van der Waals surface area contributed by atoms with Crippen LogP contribution in [0.5, 0.6) is 0 Å². The summed E-state index contributed by atoms with van der Waals surface area (Å²) in [6, 6.07) is 6.89. The summed E-state index contributed by atoms with van der Waals surface area (Å²) in [7, 11) is 0. The van der Waals surface area contributed by atoms with Crippen LogP contribution in [0.25, 0.3) is 0 Å². The predicted octanol–water partition coefficient (Wildman–Crippen LogP) is 3.93. The molecule has 1 fully saturated rings.